The second kappa shape index (κ2) is 8.52. The number of amides is 1. The van der Waals surface area contributed by atoms with E-state index in [9.17, 15) is 9.36 Å². The van der Waals surface area contributed by atoms with Gasteiger partial charge in [0.1, 0.15) is 5.78 Å². The zero-order chi connectivity index (χ0) is 18.7. The molecular weight excluding hydrogens is 446 g/mol. The lowest BCUT2D eigenvalue weighted by Gasteiger charge is -2.34. The van der Waals surface area contributed by atoms with Gasteiger partial charge in [-0.15, -0.1) is 0 Å². The Morgan fingerprint density at radius 1 is 0.880 bits per heavy atom. The zero-order valence-electron chi connectivity index (χ0n) is 12.6. The van der Waals surface area contributed by atoms with Crippen molar-refractivity contribution >= 4 is 81.7 Å². The molecule has 0 spiro atoms. The number of hydrogen-bond acceptors (Lipinski definition) is 2. The summed E-state index contributed by atoms with van der Waals surface area (Å²) < 4.78 is 12.1. The second-order valence-corrected chi connectivity index (χ2v) is 11.4. The standard InChI is InChI=1S/C16H13Cl5NO2P/c17-13(18)14(23)22-15(16(19,20)21)25(24,11-7-3-1-4-8-11)12-9-5-2-6-10-12/h1-10,13,15H,(H,22,23). The fourth-order valence-electron chi connectivity index (χ4n) is 2.32. The van der Waals surface area contributed by atoms with Gasteiger partial charge in [-0.2, -0.15) is 0 Å². The summed E-state index contributed by atoms with van der Waals surface area (Å²) in [5.74, 6) is -2.16. The van der Waals surface area contributed by atoms with E-state index in [1.807, 2.05) is 0 Å². The topological polar surface area (TPSA) is 46.2 Å². The third-order valence-corrected chi connectivity index (χ3v) is 8.31. The summed E-state index contributed by atoms with van der Waals surface area (Å²) in [5, 5.41) is 3.29. The highest BCUT2D eigenvalue weighted by atomic mass is 35.6. The van der Waals surface area contributed by atoms with Gasteiger partial charge in [0.05, 0.1) is 0 Å². The Kier molecular flexibility index (Phi) is 7.12. The lowest BCUT2D eigenvalue weighted by Crippen LogP contribution is -2.49. The molecule has 0 aliphatic rings. The third-order valence-electron chi connectivity index (χ3n) is 3.43. The Morgan fingerprint density at radius 3 is 1.60 bits per heavy atom. The van der Waals surface area contributed by atoms with Gasteiger partial charge in [0.2, 0.25) is 3.79 Å². The predicted molar refractivity (Wildman–Crippen MR) is 107 cm³/mol. The fourth-order valence-corrected chi connectivity index (χ4v) is 6.70. The number of benzene rings is 2. The average Bonchev–Trinajstić information content (AvgIpc) is 2.59. The van der Waals surface area contributed by atoms with Gasteiger partial charge in [-0.3, -0.25) is 4.79 Å². The highest BCUT2D eigenvalue weighted by Gasteiger charge is 2.49. The van der Waals surface area contributed by atoms with Crippen LogP contribution >= 0.6 is 65.1 Å². The normalized spacial score (nSPS) is 13.5. The van der Waals surface area contributed by atoms with Crippen LogP contribution in [0, 0.1) is 0 Å². The van der Waals surface area contributed by atoms with Crippen LogP contribution < -0.4 is 15.9 Å². The number of carbonyl (C=O) groups is 1. The second-order valence-electron chi connectivity index (χ2n) is 5.08. The molecule has 1 unspecified atom stereocenters. The molecule has 134 valence electrons. The van der Waals surface area contributed by atoms with Crippen molar-refractivity contribution in [1.29, 1.82) is 0 Å². The van der Waals surface area contributed by atoms with E-state index in [1.165, 1.54) is 0 Å². The van der Waals surface area contributed by atoms with Crippen molar-refractivity contribution in [3.05, 3.63) is 60.7 Å². The Bertz CT molecular complexity index is 722. The molecule has 0 bridgehead atoms. The smallest absolute Gasteiger partial charge is 0.254 e. The maximum Gasteiger partial charge on any atom is 0.254 e. The summed E-state index contributed by atoms with van der Waals surface area (Å²) in [6, 6.07) is 17.0. The molecule has 0 radical (unpaired) electrons. The van der Waals surface area contributed by atoms with E-state index in [4.69, 9.17) is 58.0 Å². The van der Waals surface area contributed by atoms with Crippen molar-refractivity contribution in [1.82, 2.24) is 5.32 Å². The van der Waals surface area contributed by atoms with E-state index < -0.39 is 27.5 Å². The first-order chi connectivity index (χ1) is 11.7. The summed E-state index contributed by atoms with van der Waals surface area (Å²) in [4.78, 5) is 10.6. The highest BCUT2D eigenvalue weighted by Crippen LogP contribution is 2.55. The average molecular weight is 460 g/mol. The fraction of sp³-hybridized carbons (Fsp3) is 0.188. The third kappa shape index (κ3) is 4.86. The first kappa shape index (κ1) is 20.9. The predicted octanol–water partition coefficient (Wildman–Crippen LogP) is 4.62. The quantitative estimate of drug-likeness (QED) is 0.524. The first-order valence-corrected chi connectivity index (χ1v) is 10.8. The number of hydrogen-bond donors (Lipinski definition) is 1. The van der Waals surface area contributed by atoms with E-state index in [2.05, 4.69) is 5.32 Å². The van der Waals surface area contributed by atoms with E-state index in [0.29, 0.717) is 10.6 Å². The summed E-state index contributed by atoms with van der Waals surface area (Å²) in [6.07, 6.45) is 0. The molecule has 2 rings (SSSR count). The Hall–Kier alpha value is -0.410. The van der Waals surface area contributed by atoms with Gasteiger partial charge >= 0.3 is 0 Å². The monoisotopic (exact) mass is 457 g/mol. The minimum Gasteiger partial charge on any atom is -0.339 e. The van der Waals surface area contributed by atoms with Crippen LogP contribution in [0.3, 0.4) is 0 Å². The maximum atomic E-state index is 14.2. The summed E-state index contributed by atoms with van der Waals surface area (Å²) in [6.45, 7) is 0. The molecule has 25 heavy (non-hydrogen) atoms. The zero-order valence-corrected chi connectivity index (χ0v) is 17.3. The maximum absolute atomic E-state index is 14.2. The Morgan fingerprint density at radius 2 is 1.28 bits per heavy atom. The molecule has 2 aromatic rings. The van der Waals surface area contributed by atoms with Gasteiger partial charge in [-0.25, -0.2) is 0 Å². The van der Waals surface area contributed by atoms with Crippen LogP contribution in [0.15, 0.2) is 60.7 Å². The van der Waals surface area contributed by atoms with Gasteiger partial charge in [0, 0.05) is 10.6 Å². The van der Waals surface area contributed by atoms with Crippen molar-refractivity contribution in [3.8, 4) is 0 Å². The Labute approximate surface area is 170 Å². The number of nitrogens with one attached hydrogen (secondary N) is 1. The minimum atomic E-state index is -3.59. The summed E-state index contributed by atoms with van der Waals surface area (Å²) in [5.41, 5.74) is 0. The van der Waals surface area contributed by atoms with Crippen molar-refractivity contribution in [3.63, 3.8) is 0 Å². The van der Waals surface area contributed by atoms with E-state index in [0.717, 1.165) is 0 Å². The molecule has 0 aliphatic heterocycles. The molecule has 0 aromatic heterocycles. The summed E-state index contributed by atoms with van der Waals surface area (Å²) in [7, 11) is -3.59. The molecule has 0 fully saturated rings. The lowest BCUT2D eigenvalue weighted by molar-refractivity contribution is -0.119. The number of rotatable bonds is 5. The van der Waals surface area contributed by atoms with Crippen LogP contribution in [-0.4, -0.2) is 20.3 Å². The van der Waals surface area contributed by atoms with Crippen molar-refractivity contribution in [2.45, 2.75) is 14.4 Å². The van der Waals surface area contributed by atoms with E-state index >= 15 is 0 Å². The molecule has 0 saturated heterocycles. The molecule has 2 aromatic carbocycles. The molecule has 9 heteroatoms. The van der Waals surface area contributed by atoms with Gasteiger partial charge in [0.25, 0.3) is 5.91 Å². The molecule has 0 saturated carbocycles. The Balaban J connectivity index is 2.67. The molecular formula is C16H13Cl5NO2P. The number of carbonyl (C=O) groups excluding carboxylic acids is 1. The molecule has 0 heterocycles. The van der Waals surface area contributed by atoms with Crippen molar-refractivity contribution < 1.29 is 9.36 Å². The minimum absolute atomic E-state index is 0.429. The van der Waals surface area contributed by atoms with Crippen LogP contribution in [0.2, 0.25) is 0 Å². The van der Waals surface area contributed by atoms with Gasteiger partial charge < -0.3 is 9.88 Å². The van der Waals surface area contributed by atoms with Crippen LogP contribution in [0.4, 0.5) is 0 Å². The van der Waals surface area contributed by atoms with Gasteiger partial charge in [-0.05, 0) is 0 Å². The van der Waals surface area contributed by atoms with E-state index in [-0.39, 0.29) is 0 Å². The molecule has 1 N–H and O–H groups in total. The van der Waals surface area contributed by atoms with Crippen LogP contribution in [0.25, 0.3) is 0 Å². The number of halogens is 5. The van der Waals surface area contributed by atoms with Crippen LogP contribution in [-0.2, 0) is 9.36 Å². The summed E-state index contributed by atoms with van der Waals surface area (Å²) >= 11 is 29.5. The lowest BCUT2D eigenvalue weighted by atomic mass is 10.4. The van der Waals surface area contributed by atoms with Crippen molar-refractivity contribution in [2.75, 3.05) is 0 Å². The highest BCUT2D eigenvalue weighted by molar-refractivity contribution is 7.79. The van der Waals surface area contributed by atoms with Gasteiger partial charge in [0.15, 0.2) is 12.0 Å². The largest absolute Gasteiger partial charge is 0.339 e. The molecule has 3 nitrogen and oxygen atoms in total. The number of alkyl halides is 5. The molecule has 1 amide bonds. The van der Waals surface area contributed by atoms with Gasteiger partial charge in [-0.1, -0.05) is 119 Å². The molecule has 0 aliphatic carbocycles. The van der Waals surface area contributed by atoms with Crippen molar-refractivity contribution in [2.24, 2.45) is 0 Å². The SMILES string of the molecule is O=C(NC(C(Cl)(Cl)Cl)P(=O)(c1ccccc1)c1ccccc1)C(Cl)Cl. The molecule has 1 atom stereocenters. The van der Waals surface area contributed by atoms with Crippen LogP contribution in [0.5, 0.6) is 0 Å². The van der Waals surface area contributed by atoms with Crippen LogP contribution in [0.1, 0.15) is 0 Å². The van der Waals surface area contributed by atoms with E-state index in [1.54, 1.807) is 60.7 Å². The first-order valence-electron chi connectivity index (χ1n) is 7.03.